The van der Waals surface area contributed by atoms with Crippen molar-refractivity contribution in [3.05, 3.63) is 29.6 Å². The van der Waals surface area contributed by atoms with Crippen LogP contribution in [-0.4, -0.2) is 17.7 Å². The Balaban J connectivity index is 2.29. The van der Waals surface area contributed by atoms with Gasteiger partial charge in [-0.2, -0.15) is 0 Å². The SMILES string of the molecule is O=C(O)[C@@H]1COc2ccc(F)cc2C1. The lowest BCUT2D eigenvalue weighted by atomic mass is 9.97. The zero-order chi connectivity index (χ0) is 10.1. The van der Waals surface area contributed by atoms with Crippen LogP contribution in [0.2, 0.25) is 0 Å². The highest BCUT2D eigenvalue weighted by atomic mass is 19.1. The Labute approximate surface area is 80.1 Å². The molecular formula is C10H9FO3. The summed E-state index contributed by atoms with van der Waals surface area (Å²) in [6.45, 7) is 0.161. The summed E-state index contributed by atoms with van der Waals surface area (Å²) in [6, 6.07) is 4.16. The van der Waals surface area contributed by atoms with Crippen molar-refractivity contribution in [1.29, 1.82) is 0 Å². The first-order chi connectivity index (χ1) is 6.66. The average Bonchev–Trinajstić information content (AvgIpc) is 2.16. The number of hydrogen-bond donors (Lipinski definition) is 1. The van der Waals surface area contributed by atoms with Crippen molar-refractivity contribution in [2.24, 2.45) is 5.92 Å². The smallest absolute Gasteiger partial charge is 0.310 e. The minimum absolute atomic E-state index is 0.161. The van der Waals surface area contributed by atoms with Gasteiger partial charge in [-0.25, -0.2) is 4.39 Å². The van der Waals surface area contributed by atoms with Crippen molar-refractivity contribution < 1.29 is 19.0 Å². The molecule has 14 heavy (non-hydrogen) atoms. The minimum Gasteiger partial charge on any atom is -0.492 e. The fourth-order valence-corrected chi connectivity index (χ4v) is 1.52. The van der Waals surface area contributed by atoms with E-state index in [1.54, 1.807) is 0 Å². The molecule has 0 aromatic heterocycles. The Bertz CT molecular complexity index is 376. The Kier molecular flexibility index (Phi) is 2.11. The van der Waals surface area contributed by atoms with Gasteiger partial charge in [0.2, 0.25) is 0 Å². The third-order valence-corrected chi connectivity index (χ3v) is 2.28. The van der Waals surface area contributed by atoms with Gasteiger partial charge in [0.05, 0.1) is 5.92 Å². The molecule has 0 spiro atoms. The molecular weight excluding hydrogens is 187 g/mol. The molecule has 1 aliphatic heterocycles. The summed E-state index contributed by atoms with van der Waals surface area (Å²) >= 11 is 0. The van der Waals surface area contributed by atoms with Crippen molar-refractivity contribution >= 4 is 5.97 Å². The molecule has 0 fully saturated rings. The van der Waals surface area contributed by atoms with Crippen LogP contribution >= 0.6 is 0 Å². The summed E-state index contributed by atoms with van der Waals surface area (Å²) in [5, 5.41) is 8.76. The number of carboxylic acid groups (broad SMARTS) is 1. The molecule has 3 nitrogen and oxygen atoms in total. The van der Waals surface area contributed by atoms with Crippen LogP contribution in [0.15, 0.2) is 18.2 Å². The number of benzene rings is 1. The number of halogens is 1. The molecule has 74 valence electrons. The standard InChI is InChI=1S/C10H9FO3/c11-8-1-2-9-6(4-8)3-7(5-14-9)10(12)13/h1-2,4,7H,3,5H2,(H,12,13)/t7-/m0/s1. The molecule has 0 saturated carbocycles. The molecule has 1 aromatic carbocycles. The van der Waals surface area contributed by atoms with Crippen LogP contribution in [0, 0.1) is 11.7 Å². The molecule has 0 unspecified atom stereocenters. The molecule has 1 aromatic rings. The van der Waals surface area contributed by atoms with Crippen molar-refractivity contribution in [1.82, 2.24) is 0 Å². The normalized spacial score (nSPS) is 19.6. The Morgan fingerprint density at radius 3 is 3.07 bits per heavy atom. The molecule has 1 atom stereocenters. The molecule has 0 amide bonds. The van der Waals surface area contributed by atoms with Crippen LogP contribution in [0.3, 0.4) is 0 Å². The van der Waals surface area contributed by atoms with E-state index >= 15 is 0 Å². The van der Waals surface area contributed by atoms with E-state index in [0.717, 1.165) is 0 Å². The van der Waals surface area contributed by atoms with Gasteiger partial charge in [-0.05, 0) is 30.2 Å². The molecule has 2 rings (SSSR count). The van der Waals surface area contributed by atoms with E-state index in [9.17, 15) is 9.18 Å². The van der Waals surface area contributed by atoms with Crippen LogP contribution in [0.5, 0.6) is 5.75 Å². The number of ether oxygens (including phenoxy) is 1. The number of fused-ring (bicyclic) bond motifs is 1. The van der Waals surface area contributed by atoms with E-state index in [2.05, 4.69) is 0 Å². The first-order valence-corrected chi connectivity index (χ1v) is 4.31. The maximum absolute atomic E-state index is 12.8. The van der Waals surface area contributed by atoms with Crippen LogP contribution in [0.1, 0.15) is 5.56 Å². The molecule has 1 N–H and O–H groups in total. The second kappa shape index (κ2) is 3.29. The summed E-state index contributed by atoms with van der Waals surface area (Å²) in [4.78, 5) is 10.7. The van der Waals surface area contributed by atoms with Gasteiger partial charge >= 0.3 is 5.97 Å². The molecule has 0 aliphatic carbocycles. The second-order valence-corrected chi connectivity index (χ2v) is 3.30. The molecule has 0 radical (unpaired) electrons. The van der Waals surface area contributed by atoms with Crippen molar-refractivity contribution in [2.75, 3.05) is 6.61 Å². The largest absolute Gasteiger partial charge is 0.492 e. The zero-order valence-electron chi connectivity index (χ0n) is 7.37. The maximum Gasteiger partial charge on any atom is 0.310 e. The van der Waals surface area contributed by atoms with Gasteiger partial charge in [-0.1, -0.05) is 0 Å². The second-order valence-electron chi connectivity index (χ2n) is 3.30. The number of hydrogen-bond acceptors (Lipinski definition) is 2. The van der Waals surface area contributed by atoms with Crippen molar-refractivity contribution in [3.63, 3.8) is 0 Å². The van der Waals surface area contributed by atoms with Gasteiger partial charge in [0.1, 0.15) is 18.2 Å². The molecule has 1 heterocycles. The summed E-state index contributed by atoms with van der Waals surface area (Å²) in [6.07, 6.45) is 0.336. The molecule has 0 saturated heterocycles. The predicted molar refractivity (Wildman–Crippen MR) is 46.7 cm³/mol. The Morgan fingerprint density at radius 1 is 1.57 bits per heavy atom. The fourth-order valence-electron chi connectivity index (χ4n) is 1.52. The molecule has 1 aliphatic rings. The highest BCUT2D eigenvalue weighted by Gasteiger charge is 2.25. The topological polar surface area (TPSA) is 46.5 Å². The van der Waals surface area contributed by atoms with E-state index in [4.69, 9.17) is 9.84 Å². The maximum atomic E-state index is 12.8. The summed E-state index contributed by atoms with van der Waals surface area (Å²) in [5.41, 5.74) is 0.628. The van der Waals surface area contributed by atoms with Gasteiger partial charge < -0.3 is 9.84 Å². The first kappa shape index (κ1) is 8.99. The van der Waals surface area contributed by atoms with Crippen molar-refractivity contribution in [2.45, 2.75) is 6.42 Å². The number of rotatable bonds is 1. The molecule has 0 bridgehead atoms. The first-order valence-electron chi connectivity index (χ1n) is 4.31. The van der Waals surface area contributed by atoms with Gasteiger partial charge in [0.15, 0.2) is 0 Å². The third-order valence-electron chi connectivity index (χ3n) is 2.28. The van der Waals surface area contributed by atoms with Gasteiger partial charge in [-0.3, -0.25) is 4.79 Å². The van der Waals surface area contributed by atoms with E-state index in [0.29, 0.717) is 17.7 Å². The quantitative estimate of drug-likeness (QED) is 0.739. The van der Waals surface area contributed by atoms with Gasteiger partial charge in [0, 0.05) is 0 Å². The number of carboxylic acids is 1. The minimum atomic E-state index is -0.903. The third kappa shape index (κ3) is 1.55. The highest BCUT2D eigenvalue weighted by molar-refractivity contribution is 5.71. The van der Waals surface area contributed by atoms with E-state index in [1.807, 2.05) is 0 Å². The van der Waals surface area contributed by atoms with E-state index < -0.39 is 11.9 Å². The van der Waals surface area contributed by atoms with Crippen LogP contribution in [0.25, 0.3) is 0 Å². The molecule has 4 heteroatoms. The lowest BCUT2D eigenvalue weighted by Gasteiger charge is -2.22. The summed E-state index contributed by atoms with van der Waals surface area (Å²) < 4.78 is 18.0. The van der Waals surface area contributed by atoms with E-state index in [-0.39, 0.29) is 12.4 Å². The monoisotopic (exact) mass is 196 g/mol. The summed E-state index contributed by atoms with van der Waals surface area (Å²) in [5.74, 6) is -1.24. The predicted octanol–water partition coefficient (Wildman–Crippen LogP) is 1.46. The lowest BCUT2D eigenvalue weighted by molar-refractivity contribution is -0.143. The van der Waals surface area contributed by atoms with Crippen LogP contribution < -0.4 is 4.74 Å². The van der Waals surface area contributed by atoms with Crippen LogP contribution in [0.4, 0.5) is 4.39 Å². The highest BCUT2D eigenvalue weighted by Crippen LogP contribution is 2.27. The van der Waals surface area contributed by atoms with Gasteiger partial charge in [0.25, 0.3) is 0 Å². The van der Waals surface area contributed by atoms with Gasteiger partial charge in [-0.15, -0.1) is 0 Å². The number of carbonyl (C=O) groups is 1. The average molecular weight is 196 g/mol. The Morgan fingerprint density at radius 2 is 2.36 bits per heavy atom. The summed E-state index contributed by atoms with van der Waals surface area (Å²) in [7, 11) is 0. The van der Waals surface area contributed by atoms with Crippen LogP contribution in [-0.2, 0) is 11.2 Å². The zero-order valence-corrected chi connectivity index (χ0v) is 7.37. The Hall–Kier alpha value is -1.58. The fraction of sp³-hybridized carbons (Fsp3) is 0.300. The van der Waals surface area contributed by atoms with E-state index in [1.165, 1.54) is 18.2 Å². The van der Waals surface area contributed by atoms with Crippen molar-refractivity contribution in [3.8, 4) is 5.75 Å². The number of aliphatic carboxylic acids is 1. The lowest BCUT2D eigenvalue weighted by Crippen LogP contribution is -2.27.